The summed E-state index contributed by atoms with van der Waals surface area (Å²) in [5, 5.41) is 8.55. The first-order valence-electron chi connectivity index (χ1n) is 4.18. The second-order valence-electron chi connectivity index (χ2n) is 2.94. The van der Waals surface area contributed by atoms with E-state index in [4.69, 9.17) is 9.84 Å². The molecule has 1 N–H and O–H groups in total. The lowest BCUT2D eigenvalue weighted by Gasteiger charge is -2.10. The van der Waals surface area contributed by atoms with Crippen LogP contribution in [0.1, 0.15) is 17.3 Å². The molecule has 5 heteroatoms. The molecular formula is C10H9FO4. The van der Waals surface area contributed by atoms with Crippen LogP contribution >= 0.6 is 0 Å². The first-order chi connectivity index (χ1) is 7.02. The largest absolute Gasteiger partial charge is 0.479 e. The van der Waals surface area contributed by atoms with E-state index in [0.29, 0.717) is 6.29 Å². The fourth-order valence-corrected chi connectivity index (χ4v) is 0.975. The predicted molar refractivity (Wildman–Crippen MR) is 49.5 cm³/mol. The molecule has 0 radical (unpaired) electrons. The average molecular weight is 212 g/mol. The SMILES string of the molecule is C[C@@H](Oc1cc(F)cc(C=O)c1)C(=O)O. The Morgan fingerprint density at radius 1 is 1.53 bits per heavy atom. The maximum Gasteiger partial charge on any atom is 0.344 e. The van der Waals surface area contributed by atoms with Crippen LogP contribution in [0.5, 0.6) is 5.75 Å². The van der Waals surface area contributed by atoms with Crippen molar-refractivity contribution in [2.75, 3.05) is 0 Å². The lowest BCUT2D eigenvalue weighted by atomic mass is 10.2. The zero-order valence-corrected chi connectivity index (χ0v) is 7.94. The molecule has 0 aliphatic carbocycles. The van der Waals surface area contributed by atoms with E-state index in [9.17, 15) is 14.0 Å². The Bertz CT molecular complexity index is 389. The molecule has 0 heterocycles. The molecule has 0 aromatic heterocycles. The van der Waals surface area contributed by atoms with Crippen LogP contribution in [0.25, 0.3) is 0 Å². The second kappa shape index (κ2) is 4.54. The lowest BCUT2D eigenvalue weighted by Crippen LogP contribution is -2.22. The third-order valence-corrected chi connectivity index (χ3v) is 1.69. The maximum atomic E-state index is 12.9. The molecule has 80 valence electrons. The number of aldehydes is 1. The summed E-state index contributed by atoms with van der Waals surface area (Å²) in [6.45, 7) is 1.31. The van der Waals surface area contributed by atoms with Gasteiger partial charge in [-0.1, -0.05) is 0 Å². The summed E-state index contributed by atoms with van der Waals surface area (Å²) in [6.07, 6.45) is -0.632. The second-order valence-corrected chi connectivity index (χ2v) is 2.94. The summed E-state index contributed by atoms with van der Waals surface area (Å²) in [6, 6.07) is 3.33. The van der Waals surface area contributed by atoms with Crippen molar-refractivity contribution in [2.45, 2.75) is 13.0 Å². The van der Waals surface area contributed by atoms with Gasteiger partial charge in [0.15, 0.2) is 6.10 Å². The Balaban J connectivity index is 2.90. The molecule has 1 aromatic carbocycles. The number of aliphatic carboxylic acids is 1. The average Bonchev–Trinajstić information content (AvgIpc) is 2.16. The Kier molecular flexibility index (Phi) is 3.38. The molecule has 1 rings (SSSR count). The van der Waals surface area contributed by atoms with Crippen LogP contribution in [0.2, 0.25) is 0 Å². The fraction of sp³-hybridized carbons (Fsp3) is 0.200. The first-order valence-corrected chi connectivity index (χ1v) is 4.18. The predicted octanol–water partition coefficient (Wildman–Crippen LogP) is 1.49. The van der Waals surface area contributed by atoms with Gasteiger partial charge in [-0.3, -0.25) is 4.79 Å². The van der Waals surface area contributed by atoms with Gasteiger partial charge in [-0.25, -0.2) is 9.18 Å². The number of carbonyl (C=O) groups excluding carboxylic acids is 1. The van der Waals surface area contributed by atoms with E-state index in [1.54, 1.807) is 0 Å². The Labute approximate surface area is 85.3 Å². The van der Waals surface area contributed by atoms with Gasteiger partial charge in [-0.05, 0) is 19.1 Å². The van der Waals surface area contributed by atoms with Crippen molar-refractivity contribution < 1.29 is 23.8 Å². The summed E-state index contributed by atoms with van der Waals surface area (Å²) < 4.78 is 17.8. The lowest BCUT2D eigenvalue weighted by molar-refractivity contribution is -0.144. The van der Waals surface area contributed by atoms with Gasteiger partial charge in [0.2, 0.25) is 0 Å². The van der Waals surface area contributed by atoms with E-state index in [1.165, 1.54) is 13.0 Å². The van der Waals surface area contributed by atoms with Crippen molar-refractivity contribution in [3.8, 4) is 5.75 Å². The Hall–Kier alpha value is -1.91. The minimum atomic E-state index is -1.16. The molecular weight excluding hydrogens is 203 g/mol. The molecule has 0 saturated carbocycles. The van der Waals surface area contributed by atoms with Crippen LogP contribution in [0.3, 0.4) is 0 Å². The van der Waals surface area contributed by atoms with Crippen molar-refractivity contribution in [2.24, 2.45) is 0 Å². The van der Waals surface area contributed by atoms with E-state index in [-0.39, 0.29) is 11.3 Å². The minimum Gasteiger partial charge on any atom is -0.479 e. The van der Waals surface area contributed by atoms with Gasteiger partial charge in [-0.15, -0.1) is 0 Å². The van der Waals surface area contributed by atoms with Crippen molar-refractivity contribution in [3.63, 3.8) is 0 Å². The number of carboxylic acids is 1. The third kappa shape index (κ3) is 3.05. The molecule has 0 saturated heterocycles. The third-order valence-electron chi connectivity index (χ3n) is 1.69. The number of carboxylic acid groups (broad SMARTS) is 1. The van der Waals surface area contributed by atoms with Gasteiger partial charge in [0.25, 0.3) is 0 Å². The molecule has 0 aliphatic rings. The summed E-state index contributed by atoms with van der Waals surface area (Å²) in [5.41, 5.74) is 0.0996. The molecule has 0 bridgehead atoms. The van der Waals surface area contributed by atoms with E-state index in [0.717, 1.165) is 12.1 Å². The van der Waals surface area contributed by atoms with Gasteiger partial charge in [0.05, 0.1) is 0 Å². The fourth-order valence-electron chi connectivity index (χ4n) is 0.975. The highest BCUT2D eigenvalue weighted by atomic mass is 19.1. The quantitative estimate of drug-likeness (QED) is 0.768. The van der Waals surface area contributed by atoms with Gasteiger partial charge in [0.1, 0.15) is 17.9 Å². The number of hydrogen-bond acceptors (Lipinski definition) is 3. The van der Waals surface area contributed by atoms with Gasteiger partial charge in [-0.2, -0.15) is 0 Å². The van der Waals surface area contributed by atoms with Crippen LogP contribution in [0, 0.1) is 5.82 Å². The molecule has 1 atom stereocenters. The first kappa shape index (κ1) is 11.2. The Morgan fingerprint density at radius 2 is 2.20 bits per heavy atom. The number of halogens is 1. The number of hydrogen-bond donors (Lipinski definition) is 1. The van der Waals surface area contributed by atoms with Crippen molar-refractivity contribution in [1.82, 2.24) is 0 Å². The summed E-state index contributed by atoms with van der Waals surface area (Å²) in [7, 11) is 0. The van der Waals surface area contributed by atoms with Gasteiger partial charge in [0, 0.05) is 11.6 Å². The highest BCUT2D eigenvalue weighted by molar-refractivity contribution is 5.76. The molecule has 0 aliphatic heterocycles. The smallest absolute Gasteiger partial charge is 0.344 e. The minimum absolute atomic E-state index is 0.0204. The molecule has 1 aromatic rings. The van der Waals surface area contributed by atoms with Crippen LogP contribution in [0.4, 0.5) is 4.39 Å². The zero-order valence-electron chi connectivity index (χ0n) is 7.94. The summed E-state index contributed by atoms with van der Waals surface area (Å²) >= 11 is 0. The van der Waals surface area contributed by atoms with Gasteiger partial charge < -0.3 is 9.84 Å². The molecule has 15 heavy (non-hydrogen) atoms. The maximum absolute atomic E-state index is 12.9. The van der Waals surface area contributed by atoms with Crippen LogP contribution in [-0.4, -0.2) is 23.5 Å². The summed E-state index contributed by atoms with van der Waals surface area (Å²) in [4.78, 5) is 20.8. The zero-order chi connectivity index (χ0) is 11.4. The van der Waals surface area contributed by atoms with E-state index in [2.05, 4.69) is 0 Å². The van der Waals surface area contributed by atoms with Crippen LogP contribution in [-0.2, 0) is 4.79 Å². The molecule has 0 amide bonds. The van der Waals surface area contributed by atoms with Crippen molar-refractivity contribution in [1.29, 1.82) is 0 Å². The van der Waals surface area contributed by atoms with Crippen molar-refractivity contribution >= 4 is 12.3 Å². The number of rotatable bonds is 4. The molecule has 0 unspecified atom stereocenters. The Morgan fingerprint density at radius 3 is 2.73 bits per heavy atom. The topological polar surface area (TPSA) is 63.6 Å². The van der Waals surface area contributed by atoms with E-state index < -0.39 is 17.9 Å². The molecule has 0 spiro atoms. The highest BCUT2D eigenvalue weighted by Crippen LogP contribution is 2.16. The van der Waals surface area contributed by atoms with Gasteiger partial charge >= 0.3 is 5.97 Å². The number of ether oxygens (including phenoxy) is 1. The summed E-state index contributed by atoms with van der Waals surface area (Å²) in [5.74, 6) is -1.79. The standard InChI is InChI=1S/C10H9FO4/c1-6(10(13)14)15-9-3-7(5-12)2-8(11)4-9/h2-6H,1H3,(H,13,14)/t6-/m1/s1. The van der Waals surface area contributed by atoms with Crippen molar-refractivity contribution in [3.05, 3.63) is 29.6 Å². The van der Waals surface area contributed by atoms with Crippen LogP contribution < -0.4 is 4.74 Å². The highest BCUT2D eigenvalue weighted by Gasteiger charge is 2.13. The number of carbonyl (C=O) groups is 2. The normalized spacial score (nSPS) is 11.9. The van der Waals surface area contributed by atoms with E-state index >= 15 is 0 Å². The van der Waals surface area contributed by atoms with E-state index in [1.807, 2.05) is 0 Å². The monoisotopic (exact) mass is 212 g/mol. The van der Waals surface area contributed by atoms with Crippen LogP contribution in [0.15, 0.2) is 18.2 Å². The number of benzene rings is 1. The molecule has 0 fully saturated rings. The molecule has 4 nitrogen and oxygen atoms in total.